The molecule has 0 aromatic rings. The van der Waals surface area contributed by atoms with Crippen molar-refractivity contribution in [1.82, 2.24) is 0 Å². The van der Waals surface area contributed by atoms with Crippen LogP contribution in [0.15, 0.2) is 0 Å². The van der Waals surface area contributed by atoms with E-state index in [1.165, 1.54) is 0 Å². The molecule has 0 radical (unpaired) electrons. The lowest BCUT2D eigenvalue weighted by Crippen LogP contribution is -2.24. The molecule has 0 aromatic carbocycles. The molecule has 0 saturated carbocycles. The molecule has 0 atom stereocenters. The van der Waals surface area contributed by atoms with Gasteiger partial charge in [-0.05, 0) is 19.3 Å². The van der Waals surface area contributed by atoms with Crippen molar-refractivity contribution in [3.63, 3.8) is 0 Å². The van der Waals surface area contributed by atoms with Crippen LogP contribution < -0.4 is 0 Å². The lowest BCUT2D eigenvalue weighted by atomic mass is 10.2. The summed E-state index contributed by atoms with van der Waals surface area (Å²) in [4.78, 5) is 0. The molecule has 8 heteroatoms. The van der Waals surface area contributed by atoms with Crippen molar-refractivity contribution in [2.24, 2.45) is 0 Å². The number of hydrogen-bond acceptors (Lipinski definition) is 8. The molecule has 0 aromatic heterocycles. The van der Waals surface area contributed by atoms with Crippen LogP contribution in [0.4, 0.5) is 0 Å². The molecule has 8 nitrogen and oxygen atoms in total. The second-order valence-electron chi connectivity index (χ2n) is 4.17. The molecule has 0 aliphatic rings. The van der Waals surface area contributed by atoms with E-state index in [4.69, 9.17) is 39.4 Å². The molecule has 0 heterocycles. The Morgan fingerprint density at radius 2 is 0.810 bits per heavy atom. The zero-order valence-electron chi connectivity index (χ0n) is 12.4. The Hall–Kier alpha value is -0.320. The summed E-state index contributed by atoms with van der Waals surface area (Å²) in [5, 5.41) is 34.9. The highest BCUT2D eigenvalue weighted by molar-refractivity contribution is 4.52. The van der Waals surface area contributed by atoms with Crippen LogP contribution in [0.2, 0.25) is 0 Å². The van der Waals surface area contributed by atoms with Gasteiger partial charge in [0, 0.05) is 0 Å². The van der Waals surface area contributed by atoms with Crippen LogP contribution in [-0.2, 0) is 18.9 Å². The fraction of sp³-hybridized carbons (Fsp3) is 1.00. The van der Waals surface area contributed by atoms with Crippen molar-refractivity contribution in [3.8, 4) is 0 Å². The first kappa shape index (κ1) is 20.7. The largest absolute Gasteiger partial charge is 0.394 e. The maximum Gasteiger partial charge on any atom is 0.157 e. The highest BCUT2D eigenvalue weighted by atomic mass is 16.7. The van der Waals surface area contributed by atoms with Gasteiger partial charge in [-0.1, -0.05) is 0 Å². The quantitative estimate of drug-likeness (QED) is 0.264. The monoisotopic (exact) mass is 312 g/mol. The van der Waals surface area contributed by atoms with Crippen LogP contribution in [0.1, 0.15) is 19.3 Å². The number of aliphatic hydroxyl groups excluding tert-OH is 4. The number of hydrogen-bond donors (Lipinski definition) is 4. The van der Waals surface area contributed by atoms with E-state index in [2.05, 4.69) is 0 Å². The third-order valence-electron chi connectivity index (χ3n) is 2.46. The van der Waals surface area contributed by atoms with Crippen LogP contribution in [0.3, 0.4) is 0 Å². The second-order valence-corrected chi connectivity index (χ2v) is 4.17. The summed E-state index contributed by atoms with van der Waals surface area (Å²) < 4.78 is 21.2. The van der Waals surface area contributed by atoms with Gasteiger partial charge in [0.2, 0.25) is 0 Å². The van der Waals surface area contributed by atoms with Crippen LogP contribution in [-0.4, -0.2) is 85.9 Å². The van der Waals surface area contributed by atoms with Gasteiger partial charge < -0.3 is 39.4 Å². The Bertz CT molecular complexity index is 169. The molecule has 0 bridgehead atoms. The number of ether oxygens (including phenoxy) is 4. The Kier molecular flexibility index (Phi) is 15.8. The van der Waals surface area contributed by atoms with Gasteiger partial charge in [-0.3, -0.25) is 0 Å². The summed E-state index contributed by atoms with van der Waals surface area (Å²) >= 11 is 0. The van der Waals surface area contributed by atoms with E-state index in [9.17, 15) is 0 Å². The first-order chi connectivity index (χ1) is 10.3. The molecule has 0 rings (SSSR count). The average molecular weight is 312 g/mol. The van der Waals surface area contributed by atoms with Crippen LogP contribution in [0, 0.1) is 0 Å². The fourth-order valence-corrected chi connectivity index (χ4v) is 1.62. The van der Waals surface area contributed by atoms with E-state index in [0.717, 1.165) is 0 Å². The number of rotatable bonds is 16. The highest BCUT2D eigenvalue weighted by Gasteiger charge is 2.13. The summed E-state index contributed by atoms with van der Waals surface area (Å²) in [6, 6.07) is 0. The molecular weight excluding hydrogens is 284 g/mol. The molecule has 0 fully saturated rings. The second kappa shape index (κ2) is 16.1. The van der Waals surface area contributed by atoms with Gasteiger partial charge in [0.25, 0.3) is 0 Å². The van der Waals surface area contributed by atoms with E-state index >= 15 is 0 Å². The van der Waals surface area contributed by atoms with E-state index in [1.807, 2.05) is 0 Å². The molecule has 21 heavy (non-hydrogen) atoms. The van der Waals surface area contributed by atoms with E-state index in [0.29, 0.717) is 19.3 Å². The maximum atomic E-state index is 8.73. The molecule has 0 unspecified atom stereocenters. The Balaban J connectivity index is 3.96. The fourth-order valence-electron chi connectivity index (χ4n) is 1.62. The Morgan fingerprint density at radius 3 is 1.05 bits per heavy atom. The molecule has 0 aliphatic carbocycles. The molecule has 0 amide bonds. The molecule has 128 valence electrons. The maximum absolute atomic E-state index is 8.73. The van der Waals surface area contributed by atoms with Crippen molar-refractivity contribution in [2.75, 3.05) is 52.9 Å². The summed E-state index contributed by atoms with van der Waals surface area (Å²) in [6.07, 6.45) is 0.785. The molecule has 0 spiro atoms. The van der Waals surface area contributed by atoms with Crippen molar-refractivity contribution in [1.29, 1.82) is 0 Å². The first-order valence-electron chi connectivity index (χ1n) is 7.18. The molecule has 0 saturated heterocycles. The van der Waals surface area contributed by atoms with Crippen LogP contribution in [0.25, 0.3) is 0 Å². The number of aliphatic hydroxyl groups is 4. The zero-order valence-corrected chi connectivity index (χ0v) is 12.4. The predicted molar refractivity (Wildman–Crippen MR) is 73.6 cm³/mol. The van der Waals surface area contributed by atoms with Gasteiger partial charge >= 0.3 is 0 Å². The minimum atomic E-state index is -0.499. The highest BCUT2D eigenvalue weighted by Crippen LogP contribution is 2.11. The Labute approximate surface area is 125 Å². The van der Waals surface area contributed by atoms with Crippen molar-refractivity contribution >= 4 is 0 Å². The van der Waals surface area contributed by atoms with E-state index in [-0.39, 0.29) is 52.9 Å². The van der Waals surface area contributed by atoms with Gasteiger partial charge in [-0.25, -0.2) is 0 Å². The van der Waals surface area contributed by atoms with Gasteiger partial charge in [0.1, 0.15) is 0 Å². The summed E-state index contributed by atoms with van der Waals surface area (Å²) in [5.41, 5.74) is 0. The zero-order chi connectivity index (χ0) is 15.8. The third-order valence-corrected chi connectivity index (χ3v) is 2.46. The molecular formula is C13H28O8. The standard InChI is InChI=1S/C13H28O8/c14-4-8-18-12(19-9-5-15)2-1-3-13(20-10-6-16)21-11-7-17/h12-17H,1-11H2. The van der Waals surface area contributed by atoms with Gasteiger partial charge in [-0.15, -0.1) is 0 Å². The van der Waals surface area contributed by atoms with Crippen molar-refractivity contribution < 1.29 is 39.4 Å². The summed E-state index contributed by atoms with van der Waals surface area (Å²) in [5.74, 6) is 0. The normalized spacial score (nSPS) is 11.7. The minimum absolute atomic E-state index is 0.0964. The Morgan fingerprint density at radius 1 is 0.524 bits per heavy atom. The van der Waals surface area contributed by atoms with Gasteiger partial charge in [0.15, 0.2) is 12.6 Å². The van der Waals surface area contributed by atoms with E-state index in [1.54, 1.807) is 0 Å². The van der Waals surface area contributed by atoms with Crippen molar-refractivity contribution in [2.45, 2.75) is 31.8 Å². The SMILES string of the molecule is OCCOC(CCCC(OCCO)OCCO)OCCO. The van der Waals surface area contributed by atoms with E-state index < -0.39 is 12.6 Å². The smallest absolute Gasteiger partial charge is 0.157 e. The molecule has 4 N–H and O–H groups in total. The summed E-state index contributed by atoms with van der Waals surface area (Å²) in [6.45, 7) is 0.287. The lowest BCUT2D eigenvalue weighted by molar-refractivity contribution is -0.170. The van der Waals surface area contributed by atoms with Crippen LogP contribution in [0.5, 0.6) is 0 Å². The first-order valence-corrected chi connectivity index (χ1v) is 7.18. The van der Waals surface area contributed by atoms with Gasteiger partial charge in [-0.2, -0.15) is 0 Å². The average Bonchev–Trinajstić information content (AvgIpc) is 2.51. The van der Waals surface area contributed by atoms with Gasteiger partial charge in [0.05, 0.1) is 52.9 Å². The van der Waals surface area contributed by atoms with Crippen molar-refractivity contribution in [3.05, 3.63) is 0 Å². The lowest BCUT2D eigenvalue weighted by Gasteiger charge is -2.20. The molecule has 0 aliphatic heterocycles. The summed E-state index contributed by atoms with van der Waals surface area (Å²) in [7, 11) is 0. The minimum Gasteiger partial charge on any atom is -0.394 e. The third kappa shape index (κ3) is 13.1. The van der Waals surface area contributed by atoms with Crippen LogP contribution >= 0.6 is 0 Å². The predicted octanol–water partition coefficient (Wildman–Crippen LogP) is -1.16. The topological polar surface area (TPSA) is 118 Å².